The van der Waals surface area contributed by atoms with Crippen molar-refractivity contribution in [3.05, 3.63) is 35.6 Å². The number of hydrogen-bond donors (Lipinski definition) is 3. The molecule has 4 rings (SSSR count). The average Bonchev–Trinajstić information content (AvgIpc) is 3.30. The van der Waals surface area contributed by atoms with Crippen LogP contribution in [0, 0.1) is 5.92 Å². The Balaban J connectivity index is 1.33. The fourth-order valence-electron chi connectivity index (χ4n) is 4.46. The van der Waals surface area contributed by atoms with Crippen molar-refractivity contribution in [2.45, 2.75) is 70.1 Å². The van der Waals surface area contributed by atoms with Crippen LogP contribution in [0.1, 0.15) is 56.3 Å². The molecule has 2 aliphatic rings. The summed E-state index contributed by atoms with van der Waals surface area (Å²) < 4.78 is 6.00. The van der Waals surface area contributed by atoms with Crippen LogP contribution >= 0.6 is 0 Å². The van der Waals surface area contributed by atoms with Crippen LogP contribution in [-0.2, 0) is 17.8 Å². The van der Waals surface area contributed by atoms with E-state index in [9.17, 15) is 9.90 Å². The fourth-order valence-corrected chi connectivity index (χ4v) is 4.46. The maximum absolute atomic E-state index is 12.2. The summed E-state index contributed by atoms with van der Waals surface area (Å²) in [5.74, 6) is 1.78. The van der Waals surface area contributed by atoms with Gasteiger partial charge in [0, 0.05) is 18.4 Å². The van der Waals surface area contributed by atoms with E-state index in [1.807, 2.05) is 12.1 Å². The molecule has 2 atom stereocenters. The molecule has 1 aromatic carbocycles. The lowest BCUT2D eigenvalue weighted by molar-refractivity contribution is -0.124. The standard InChI is InChI=1S/C22H30N2O3/c25-19-10-11-23-21(19)22(26)24-14-16-7-9-20-17(12-16)13-18(27-20)8-6-15-4-2-1-3-5-15/h7,9,12-13,15,19,21,23,25H,1-6,8,10-11,14H2,(H,24,26)/t19-,21-/m0/s1. The largest absolute Gasteiger partial charge is 0.461 e. The number of nitrogens with one attached hydrogen (secondary N) is 2. The van der Waals surface area contributed by atoms with Gasteiger partial charge in [0.1, 0.15) is 17.4 Å². The van der Waals surface area contributed by atoms with Gasteiger partial charge in [-0.1, -0.05) is 38.2 Å². The highest BCUT2D eigenvalue weighted by atomic mass is 16.3. The Morgan fingerprint density at radius 1 is 1.19 bits per heavy atom. The first-order valence-electron chi connectivity index (χ1n) is 10.4. The Morgan fingerprint density at radius 2 is 2.04 bits per heavy atom. The van der Waals surface area contributed by atoms with E-state index in [-0.39, 0.29) is 5.91 Å². The zero-order chi connectivity index (χ0) is 18.6. The number of amides is 1. The van der Waals surface area contributed by atoms with Crippen LogP contribution in [0.4, 0.5) is 0 Å². The van der Waals surface area contributed by atoms with Crippen LogP contribution in [0.5, 0.6) is 0 Å². The third-order valence-corrected chi connectivity index (χ3v) is 6.09. The van der Waals surface area contributed by atoms with Crippen molar-refractivity contribution in [2.24, 2.45) is 5.92 Å². The van der Waals surface area contributed by atoms with E-state index in [0.29, 0.717) is 19.5 Å². The van der Waals surface area contributed by atoms with Gasteiger partial charge < -0.3 is 20.2 Å². The molecule has 2 aromatic rings. The van der Waals surface area contributed by atoms with E-state index in [1.165, 1.54) is 38.5 Å². The summed E-state index contributed by atoms with van der Waals surface area (Å²) in [6, 6.07) is 7.72. The molecular weight excluding hydrogens is 340 g/mol. The second-order valence-electron chi connectivity index (χ2n) is 8.13. The highest BCUT2D eigenvalue weighted by Gasteiger charge is 2.30. The minimum Gasteiger partial charge on any atom is -0.461 e. The fraction of sp³-hybridized carbons (Fsp3) is 0.591. The summed E-state index contributed by atoms with van der Waals surface area (Å²) in [4.78, 5) is 12.2. The number of aliphatic hydroxyl groups excluding tert-OH is 1. The zero-order valence-electron chi connectivity index (χ0n) is 15.9. The molecule has 1 aromatic heterocycles. The van der Waals surface area contributed by atoms with Gasteiger partial charge in [-0.05, 0) is 49.1 Å². The van der Waals surface area contributed by atoms with Crippen molar-refractivity contribution in [2.75, 3.05) is 6.54 Å². The normalized spacial score (nSPS) is 23.7. The monoisotopic (exact) mass is 370 g/mol. The van der Waals surface area contributed by atoms with Gasteiger partial charge in [0.05, 0.1) is 6.10 Å². The minimum absolute atomic E-state index is 0.138. The van der Waals surface area contributed by atoms with E-state index < -0.39 is 12.1 Å². The van der Waals surface area contributed by atoms with E-state index in [2.05, 4.69) is 22.8 Å². The Bertz CT molecular complexity index is 779. The van der Waals surface area contributed by atoms with Crippen molar-refractivity contribution in [3.63, 3.8) is 0 Å². The number of fused-ring (bicyclic) bond motifs is 1. The second kappa shape index (κ2) is 8.44. The van der Waals surface area contributed by atoms with Crippen molar-refractivity contribution in [1.29, 1.82) is 0 Å². The predicted octanol–water partition coefficient (Wildman–Crippen LogP) is 3.28. The molecular formula is C22H30N2O3. The number of aliphatic hydroxyl groups is 1. The van der Waals surface area contributed by atoms with E-state index in [4.69, 9.17) is 4.42 Å². The summed E-state index contributed by atoms with van der Waals surface area (Å²) in [5, 5.41) is 16.9. The summed E-state index contributed by atoms with van der Waals surface area (Å²) in [6.45, 7) is 1.14. The molecule has 1 aliphatic carbocycles. The van der Waals surface area contributed by atoms with Gasteiger partial charge in [-0.25, -0.2) is 0 Å². The molecule has 3 N–H and O–H groups in total. The van der Waals surface area contributed by atoms with Crippen molar-refractivity contribution < 1.29 is 14.3 Å². The quantitative estimate of drug-likeness (QED) is 0.729. The van der Waals surface area contributed by atoms with Crippen LogP contribution in [0.25, 0.3) is 11.0 Å². The van der Waals surface area contributed by atoms with Crippen LogP contribution in [0.15, 0.2) is 28.7 Å². The van der Waals surface area contributed by atoms with Gasteiger partial charge in [-0.15, -0.1) is 0 Å². The number of carbonyl (C=O) groups is 1. The number of hydrogen-bond acceptors (Lipinski definition) is 4. The van der Waals surface area contributed by atoms with Crippen molar-refractivity contribution in [1.82, 2.24) is 10.6 Å². The molecule has 1 saturated heterocycles. The van der Waals surface area contributed by atoms with Gasteiger partial charge in [-0.3, -0.25) is 4.79 Å². The Morgan fingerprint density at radius 3 is 2.81 bits per heavy atom. The lowest BCUT2D eigenvalue weighted by atomic mass is 9.86. The smallest absolute Gasteiger partial charge is 0.240 e. The molecule has 146 valence electrons. The zero-order valence-corrected chi connectivity index (χ0v) is 15.9. The first-order valence-corrected chi connectivity index (χ1v) is 10.4. The van der Waals surface area contributed by atoms with E-state index in [1.54, 1.807) is 0 Å². The van der Waals surface area contributed by atoms with Crippen LogP contribution in [0.3, 0.4) is 0 Å². The Labute approximate surface area is 160 Å². The van der Waals surface area contributed by atoms with Crippen LogP contribution in [0.2, 0.25) is 0 Å². The summed E-state index contributed by atoms with van der Waals surface area (Å²) >= 11 is 0. The number of rotatable bonds is 6. The molecule has 2 fully saturated rings. The highest BCUT2D eigenvalue weighted by Crippen LogP contribution is 2.29. The number of aryl methyl sites for hydroxylation is 1. The lowest BCUT2D eigenvalue weighted by Crippen LogP contribution is -2.45. The molecule has 1 saturated carbocycles. The Kier molecular flexibility index (Phi) is 5.79. The predicted molar refractivity (Wildman–Crippen MR) is 105 cm³/mol. The van der Waals surface area contributed by atoms with Crippen LogP contribution < -0.4 is 10.6 Å². The maximum Gasteiger partial charge on any atom is 0.240 e. The molecule has 27 heavy (non-hydrogen) atoms. The molecule has 1 amide bonds. The molecule has 0 radical (unpaired) electrons. The maximum atomic E-state index is 12.2. The number of carbonyl (C=O) groups excluding carboxylic acids is 1. The summed E-state index contributed by atoms with van der Waals surface area (Å²) in [7, 11) is 0. The highest BCUT2D eigenvalue weighted by molar-refractivity contribution is 5.83. The molecule has 0 bridgehead atoms. The molecule has 5 heteroatoms. The molecule has 1 aliphatic heterocycles. The second-order valence-corrected chi connectivity index (χ2v) is 8.13. The van der Waals surface area contributed by atoms with Crippen molar-refractivity contribution in [3.8, 4) is 0 Å². The third-order valence-electron chi connectivity index (χ3n) is 6.09. The van der Waals surface area contributed by atoms with Gasteiger partial charge in [0.2, 0.25) is 5.91 Å². The topological polar surface area (TPSA) is 74.5 Å². The molecule has 0 spiro atoms. The first kappa shape index (κ1) is 18.5. The van der Waals surface area contributed by atoms with E-state index >= 15 is 0 Å². The molecule has 5 nitrogen and oxygen atoms in total. The summed E-state index contributed by atoms with van der Waals surface area (Å²) in [6.07, 6.45) is 9.17. The third kappa shape index (κ3) is 4.53. The SMILES string of the molecule is O=C(NCc1ccc2oc(CCC3CCCCC3)cc2c1)[C@H]1NCC[C@@H]1O. The number of benzene rings is 1. The molecule has 2 heterocycles. The van der Waals surface area contributed by atoms with Gasteiger partial charge in [0.15, 0.2) is 0 Å². The lowest BCUT2D eigenvalue weighted by Gasteiger charge is -2.20. The van der Waals surface area contributed by atoms with E-state index in [0.717, 1.165) is 34.6 Å². The van der Waals surface area contributed by atoms with Gasteiger partial charge >= 0.3 is 0 Å². The first-order chi connectivity index (χ1) is 13.2. The summed E-state index contributed by atoms with van der Waals surface area (Å²) in [5.41, 5.74) is 1.96. The minimum atomic E-state index is -0.590. The van der Waals surface area contributed by atoms with Crippen molar-refractivity contribution >= 4 is 16.9 Å². The average molecular weight is 370 g/mol. The number of furan rings is 1. The van der Waals surface area contributed by atoms with Crippen LogP contribution in [-0.4, -0.2) is 29.7 Å². The molecule has 0 unspecified atom stereocenters. The van der Waals surface area contributed by atoms with Gasteiger partial charge in [0.25, 0.3) is 0 Å². The van der Waals surface area contributed by atoms with Gasteiger partial charge in [-0.2, -0.15) is 0 Å². The Hall–Kier alpha value is -1.85.